The van der Waals surface area contributed by atoms with Crippen LogP contribution in [0.2, 0.25) is 0 Å². The van der Waals surface area contributed by atoms with E-state index >= 15 is 0 Å². The number of hydrogen-bond donors (Lipinski definition) is 0. The van der Waals surface area contributed by atoms with Crippen molar-refractivity contribution in [2.75, 3.05) is 0 Å². The third kappa shape index (κ3) is 3.09. The summed E-state index contributed by atoms with van der Waals surface area (Å²) in [5, 5.41) is 10.9. The van der Waals surface area contributed by atoms with Crippen LogP contribution in [0, 0.1) is 30.9 Å². The van der Waals surface area contributed by atoms with Gasteiger partial charge >= 0.3 is 10.1 Å². The molecule has 0 unspecified atom stereocenters. The van der Waals surface area contributed by atoms with E-state index in [1.54, 1.807) is 26.0 Å². The molecule has 0 saturated heterocycles. The van der Waals surface area contributed by atoms with E-state index in [0.717, 1.165) is 11.6 Å². The Hall–Kier alpha value is -2.41. The van der Waals surface area contributed by atoms with E-state index < -0.39 is 15.0 Å². The van der Waals surface area contributed by atoms with Crippen molar-refractivity contribution in [1.82, 2.24) is 0 Å². The summed E-state index contributed by atoms with van der Waals surface area (Å²) in [6.45, 7) is 5.13. The number of nitro groups is 1. The molecule has 0 atom stereocenters. The Labute approximate surface area is 128 Å². The number of rotatable bonds is 4. The molecule has 0 saturated carbocycles. The fraction of sp³-hybridized carbons (Fsp3) is 0.200. The minimum atomic E-state index is -4.13. The molecular formula is C15H15NO5S. The highest BCUT2D eigenvalue weighted by Crippen LogP contribution is 2.27. The highest BCUT2D eigenvalue weighted by Gasteiger charge is 2.22. The van der Waals surface area contributed by atoms with Crippen LogP contribution in [0.3, 0.4) is 0 Å². The molecule has 0 spiro atoms. The van der Waals surface area contributed by atoms with Gasteiger partial charge in [-0.15, -0.1) is 0 Å². The molecule has 0 aliphatic rings. The topological polar surface area (TPSA) is 86.5 Å². The lowest BCUT2D eigenvalue weighted by atomic mass is 10.1. The molecular weight excluding hydrogens is 306 g/mol. The van der Waals surface area contributed by atoms with Crippen LogP contribution in [0.15, 0.2) is 41.3 Å². The highest BCUT2D eigenvalue weighted by molar-refractivity contribution is 7.87. The summed E-state index contributed by atoms with van der Waals surface area (Å²) < 4.78 is 29.7. The van der Waals surface area contributed by atoms with Crippen LogP contribution in [0.5, 0.6) is 5.75 Å². The van der Waals surface area contributed by atoms with Crippen LogP contribution in [-0.2, 0) is 10.1 Å². The van der Waals surface area contributed by atoms with Crippen molar-refractivity contribution in [3.63, 3.8) is 0 Å². The van der Waals surface area contributed by atoms with Crippen molar-refractivity contribution >= 4 is 15.8 Å². The van der Waals surface area contributed by atoms with E-state index in [1.807, 2.05) is 13.0 Å². The van der Waals surface area contributed by atoms with Gasteiger partial charge in [-0.2, -0.15) is 8.42 Å². The zero-order valence-electron chi connectivity index (χ0n) is 12.4. The maximum atomic E-state index is 12.3. The molecule has 0 fully saturated rings. The average Bonchev–Trinajstić information content (AvgIpc) is 2.43. The molecule has 0 amide bonds. The Morgan fingerprint density at radius 3 is 2.36 bits per heavy atom. The van der Waals surface area contributed by atoms with E-state index in [4.69, 9.17) is 4.18 Å². The lowest BCUT2D eigenvalue weighted by Crippen LogP contribution is -2.11. The maximum absolute atomic E-state index is 12.3. The molecule has 2 aromatic carbocycles. The molecule has 0 aliphatic carbocycles. The average molecular weight is 321 g/mol. The fourth-order valence-corrected chi connectivity index (χ4v) is 2.93. The van der Waals surface area contributed by atoms with Crippen LogP contribution in [0.25, 0.3) is 0 Å². The van der Waals surface area contributed by atoms with Crippen LogP contribution < -0.4 is 4.18 Å². The first kappa shape index (κ1) is 16.0. The molecule has 0 radical (unpaired) electrons. The summed E-state index contributed by atoms with van der Waals surface area (Å²) in [4.78, 5) is 10.1. The van der Waals surface area contributed by atoms with Crippen molar-refractivity contribution in [3.8, 4) is 5.75 Å². The van der Waals surface area contributed by atoms with E-state index in [-0.39, 0.29) is 16.3 Å². The fourth-order valence-electron chi connectivity index (χ4n) is 1.92. The Bertz CT molecular complexity index is 843. The molecule has 0 aromatic heterocycles. The third-order valence-corrected chi connectivity index (χ3v) is 4.65. The molecule has 6 nitrogen and oxygen atoms in total. The second-order valence-electron chi connectivity index (χ2n) is 4.94. The molecule has 2 aromatic rings. The maximum Gasteiger partial charge on any atom is 0.339 e. The number of aryl methyl sites for hydroxylation is 2. The van der Waals surface area contributed by atoms with Crippen molar-refractivity contribution < 1.29 is 17.5 Å². The molecule has 0 bridgehead atoms. The smallest absolute Gasteiger partial charge is 0.339 e. The predicted octanol–water partition coefficient (Wildman–Crippen LogP) is 3.29. The van der Waals surface area contributed by atoms with Gasteiger partial charge in [0.25, 0.3) is 5.69 Å². The quantitative estimate of drug-likeness (QED) is 0.490. The molecule has 116 valence electrons. The van der Waals surface area contributed by atoms with Gasteiger partial charge in [0.2, 0.25) is 0 Å². The van der Waals surface area contributed by atoms with E-state index in [2.05, 4.69) is 0 Å². The molecule has 22 heavy (non-hydrogen) atoms. The van der Waals surface area contributed by atoms with Gasteiger partial charge in [0.1, 0.15) is 10.6 Å². The van der Waals surface area contributed by atoms with Gasteiger partial charge in [-0.05, 0) is 44.0 Å². The second-order valence-corrected chi connectivity index (χ2v) is 6.49. The van der Waals surface area contributed by atoms with E-state index in [1.165, 1.54) is 12.1 Å². The van der Waals surface area contributed by atoms with Gasteiger partial charge in [-0.3, -0.25) is 10.1 Å². The van der Waals surface area contributed by atoms with Gasteiger partial charge in [-0.1, -0.05) is 18.2 Å². The number of hydrogen-bond acceptors (Lipinski definition) is 5. The van der Waals surface area contributed by atoms with Crippen LogP contribution in [-0.4, -0.2) is 13.3 Å². The van der Waals surface area contributed by atoms with Gasteiger partial charge in [0, 0.05) is 11.6 Å². The second kappa shape index (κ2) is 5.76. The molecule has 0 aliphatic heterocycles. The Morgan fingerprint density at radius 1 is 1.05 bits per heavy atom. The Morgan fingerprint density at radius 2 is 1.73 bits per heavy atom. The zero-order chi connectivity index (χ0) is 16.5. The zero-order valence-corrected chi connectivity index (χ0v) is 13.2. The minimum absolute atomic E-state index is 0.211. The standard InChI is InChI=1S/C15H15NO5S/c1-10-5-4-6-15(12(10)3)21-22(19,20)13-8-7-11(2)14(9-13)16(17)18/h4-9H,1-3H3. The lowest BCUT2D eigenvalue weighted by molar-refractivity contribution is -0.385. The molecule has 2 rings (SSSR count). The first-order valence-corrected chi connectivity index (χ1v) is 7.89. The largest absolute Gasteiger partial charge is 0.379 e. The number of benzene rings is 2. The summed E-state index contributed by atoms with van der Waals surface area (Å²) in [7, 11) is -4.13. The Kier molecular flexibility index (Phi) is 4.18. The van der Waals surface area contributed by atoms with Crippen molar-refractivity contribution in [3.05, 3.63) is 63.2 Å². The summed E-state index contributed by atoms with van der Waals surface area (Å²) in [5.41, 5.74) is 1.72. The van der Waals surface area contributed by atoms with Gasteiger partial charge < -0.3 is 4.18 Å². The summed E-state index contributed by atoms with van der Waals surface area (Å²) in [5.74, 6) is 0.211. The normalized spacial score (nSPS) is 11.2. The number of nitro benzene ring substituents is 1. The van der Waals surface area contributed by atoms with Crippen molar-refractivity contribution in [2.45, 2.75) is 25.7 Å². The van der Waals surface area contributed by atoms with Gasteiger partial charge in [-0.25, -0.2) is 0 Å². The predicted molar refractivity (Wildman–Crippen MR) is 81.6 cm³/mol. The number of nitrogens with zero attached hydrogens (tertiary/aromatic N) is 1. The lowest BCUT2D eigenvalue weighted by Gasteiger charge is -2.11. The highest BCUT2D eigenvalue weighted by atomic mass is 32.2. The summed E-state index contributed by atoms with van der Waals surface area (Å²) >= 11 is 0. The SMILES string of the molecule is Cc1ccc(S(=O)(=O)Oc2cccc(C)c2C)cc1[N+](=O)[O-]. The molecule has 0 heterocycles. The van der Waals surface area contributed by atoms with Crippen LogP contribution >= 0.6 is 0 Å². The van der Waals surface area contributed by atoms with Crippen LogP contribution in [0.4, 0.5) is 5.69 Å². The Balaban J connectivity index is 2.45. The monoisotopic (exact) mass is 321 g/mol. The third-order valence-electron chi connectivity index (χ3n) is 3.42. The van der Waals surface area contributed by atoms with Gasteiger partial charge in [0.15, 0.2) is 0 Å². The summed E-state index contributed by atoms with van der Waals surface area (Å²) in [6, 6.07) is 8.76. The molecule has 0 N–H and O–H groups in total. The first-order chi connectivity index (χ1) is 10.2. The summed E-state index contributed by atoms with van der Waals surface area (Å²) in [6.07, 6.45) is 0. The first-order valence-electron chi connectivity index (χ1n) is 6.48. The van der Waals surface area contributed by atoms with E-state index in [0.29, 0.717) is 11.1 Å². The van der Waals surface area contributed by atoms with Crippen LogP contribution in [0.1, 0.15) is 16.7 Å². The van der Waals surface area contributed by atoms with E-state index in [9.17, 15) is 18.5 Å². The van der Waals surface area contributed by atoms with Gasteiger partial charge in [0.05, 0.1) is 4.92 Å². The van der Waals surface area contributed by atoms with Crippen molar-refractivity contribution in [2.24, 2.45) is 0 Å². The minimum Gasteiger partial charge on any atom is -0.379 e. The van der Waals surface area contributed by atoms with Crippen molar-refractivity contribution in [1.29, 1.82) is 0 Å². The molecule has 7 heteroatoms.